The number of nitrogens with zero attached hydrogens (tertiary/aromatic N) is 1. The molecule has 2 aromatic rings. The van der Waals surface area contributed by atoms with Crippen LogP contribution in [0.4, 0.5) is 5.69 Å². The summed E-state index contributed by atoms with van der Waals surface area (Å²) >= 11 is 1.76. The van der Waals surface area contributed by atoms with Gasteiger partial charge in [-0.25, -0.2) is 0 Å². The first kappa shape index (κ1) is 12.7. The number of aryl methyl sites for hydroxylation is 1. The number of benzene rings is 1. The molecule has 1 aliphatic heterocycles. The van der Waals surface area contributed by atoms with E-state index in [0.29, 0.717) is 0 Å². The summed E-state index contributed by atoms with van der Waals surface area (Å²) in [6.07, 6.45) is 2.49. The van der Waals surface area contributed by atoms with Crippen molar-refractivity contribution in [2.45, 2.75) is 25.9 Å². The highest BCUT2D eigenvalue weighted by molar-refractivity contribution is 7.07. The molecule has 0 radical (unpaired) electrons. The third-order valence-electron chi connectivity index (χ3n) is 3.73. The number of fused-ring (bicyclic) bond motifs is 1. The molecule has 0 amide bonds. The monoisotopic (exact) mass is 272 g/mol. The van der Waals surface area contributed by atoms with Gasteiger partial charge in [0.15, 0.2) is 0 Å². The first-order valence-corrected chi connectivity index (χ1v) is 7.82. The third kappa shape index (κ3) is 2.99. The van der Waals surface area contributed by atoms with Crippen LogP contribution in [0.15, 0.2) is 35.0 Å². The smallest absolute Gasteiger partial charge is 0.0396 e. The minimum absolute atomic E-state index is 0.951. The maximum atomic E-state index is 3.52. The zero-order chi connectivity index (χ0) is 13.1. The van der Waals surface area contributed by atoms with Gasteiger partial charge < -0.3 is 10.2 Å². The molecule has 1 aliphatic rings. The van der Waals surface area contributed by atoms with Crippen molar-refractivity contribution in [1.29, 1.82) is 0 Å². The van der Waals surface area contributed by atoms with Crippen molar-refractivity contribution < 1.29 is 0 Å². The van der Waals surface area contributed by atoms with E-state index in [1.54, 1.807) is 11.3 Å². The number of rotatable bonds is 4. The van der Waals surface area contributed by atoms with Crippen LogP contribution in [-0.4, -0.2) is 13.6 Å². The maximum absolute atomic E-state index is 3.52. The number of hydrogen-bond donors (Lipinski definition) is 1. The molecule has 100 valence electrons. The molecule has 0 bridgehead atoms. The molecule has 0 atom stereocenters. The van der Waals surface area contributed by atoms with Crippen LogP contribution in [0.3, 0.4) is 0 Å². The predicted octanol–water partition coefficient (Wildman–Crippen LogP) is 3.42. The van der Waals surface area contributed by atoms with E-state index < -0.39 is 0 Å². The van der Waals surface area contributed by atoms with Gasteiger partial charge in [-0.15, -0.1) is 0 Å². The fraction of sp³-hybridized carbons (Fsp3) is 0.375. The molecule has 0 fully saturated rings. The second-order valence-electron chi connectivity index (χ2n) is 5.22. The Kier molecular flexibility index (Phi) is 3.85. The quantitative estimate of drug-likeness (QED) is 0.917. The van der Waals surface area contributed by atoms with Crippen molar-refractivity contribution >= 4 is 17.0 Å². The molecule has 1 aromatic heterocycles. The number of nitrogens with one attached hydrogen (secondary N) is 1. The average molecular weight is 272 g/mol. The van der Waals surface area contributed by atoms with Gasteiger partial charge in [0.25, 0.3) is 0 Å². The SMILES string of the molecule is CN1CCCc2cc(CNCc3ccsc3)ccc21. The molecule has 0 saturated heterocycles. The summed E-state index contributed by atoms with van der Waals surface area (Å²) < 4.78 is 0. The fourth-order valence-corrected chi connectivity index (χ4v) is 3.36. The molecule has 0 spiro atoms. The van der Waals surface area contributed by atoms with Crippen LogP contribution >= 0.6 is 11.3 Å². The lowest BCUT2D eigenvalue weighted by atomic mass is 9.99. The van der Waals surface area contributed by atoms with Crippen LogP contribution in [0.25, 0.3) is 0 Å². The van der Waals surface area contributed by atoms with Gasteiger partial charge >= 0.3 is 0 Å². The molecule has 1 N–H and O–H groups in total. The highest BCUT2D eigenvalue weighted by atomic mass is 32.1. The third-order valence-corrected chi connectivity index (χ3v) is 4.47. The van der Waals surface area contributed by atoms with Gasteiger partial charge in [0.05, 0.1) is 0 Å². The largest absolute Gasteiger partial charge is 0.374 e. The molecule has 1 aromatic carbocycles. The first-order chi connectivity index (χ1) is 9.33. The van der Waals surface area contributed by atoms with Gasteiger partial charge in [-0.2, -0.15) is 11.3 Å². The fourth-order valence-electron chi connectivity index (χ4n) is 2.69. The van der Waals surface area contributed by atoms with Crippen LogP contribution < -0.4 is 10.2 Å². The molecule has 3 heteroatoms. The minimum atomic E-state index is 0.951. The first-order valence-electron chi connectivity index (χ1n) is 6.87. The molecular formula is C16H20N2S. The Bertz CT molecular complexity index is 534. The van der Waals surface area contributed by atoms with Crippen LogP contribution in [0.2, 0.25) is 0 Å². The molecule has 2 nitrogen and oxygen atoms in total. The Labute approximate surface area is 119 Å². The standard InChI is InChI=1S/C16H20N2S/c1-18-7-2-3-15-9-13(4-5-16(15)18)10-17-11-14-6-8-19-12-14/h4-6,8-9,12,17H,2-3,7,10-11H2,1H3. The van der Waals surface area contributed by atoms with Crippen molar-refractivity contribution in [3.8, 4) is 0 Å². The van der Waals surface area contributed by atoms with Crippen LogP contribution in [0, 0.1) is 0 Å². The maximum Gasteiger partial charge on any atom is 0.0396 e. The summed E-state index contributed by atoms with van der Waals surface area (Å²) in [5, 5.41) is 7.85. The van der Waals surface area contributed by atoms with Gasteiger partial charge in [-0.3, -0.25) is 0 Å². The van der Waals surface area contributed by atoms with Crippen molar-refractivity contribution in [3.05, 3.63) is 51.7 Å². The van der Waals surface area contributed by atoms with Crippen LogP contribution in [-0.2, 0) is 19.5 Å². The van der Waals surface area contributed by atoms with Crippen molar-refractivity contribution in [2.24, 2.45) is 0 Å². The predicted molar refractivity (Wildman–Crippen MR) is 82.9 cm³/mol. The lowest BCUT2D eigenvalue weighted by Gasteiger charge is -2.27. The van der Waals surface area contributed by atoms with Gasteiger partial charge in [-0.1, -0.05) is 12.1 Å². The molecule has 2 heterocycles. The summed E-state index contributed by atoms with van der Waals surface area (Å²) in [6.45, 7) is 3.09. The van der Waals surface area contributed by atoms with E-state index in [4.69, 9.17) is 0 Å². The van der Waals surface area contributed by atoms with Gasteiger partial charge in [0, 0.05) is 32.4 Å². The van der Waals surface area contributed by atoms with Gasteiger partial charge in [0.2, 0.25) is 0 Å². The topological polar surface area (TPSA) is 15.3 Å². The van der Waals surface area contributed by atoms with Gasteiger partial charge in [-0.05, 0) is 52.4 Å². The summed E-state index contributed by atoms with van der Waals surface area (Å²) in [6, 6.07) is 9.07. The highest BCUT2D eigenvalue weighted by Gasteiger charge is 2.13. The Balaban J connectivity index is 1.62. The number of hydrogen-bond acceptors (Lipinski definition) is 3. The normalized spacial score (nSPS) is 14.5. The van der Waals surface area contributed by atoms with Gasteiger partial charge in [0.1, 0.15) is 0 Å². The van der Waals surface area contributed by atoms with E-state index in [1.165, 1.54) is 41.8 Å². The molecular weight excluding hydrogens is 252 g/mol. The minimum Gasteiger partial charge on any atom is -0.374 e. The van der Waals surface area contributed by atoms with Crippen LogP contribution in [0.5, 0.6) is 0 Å². The van der Waals surface area contributed by atoms with E-state index in [-0.39, 0.29) is 0 Å². The van der Waals surface area contributed by atoms with Crippen molar-refractivity contribution in [3.63, 3.8) is 0 Å². The van der Waals surface area contributed by atoms with E-state index in [0.717, 1.165) is 13.1 Å². The zero-order valence-corrected chi connectivity index (χ0v) is 12.2. The zero-order valence-electron chi connectivity index (χ0n) is 11.4. The average Bonchev–Trinajstić information content (AvgIpc) is 2.92. The Hall–Kier alpha value is -1.32. The van der Waals surface area contributed by atoms with E-state index >= 15 is 0 Å². The summed E-state index contributed by atoms with van der Waals surface area (Å²) in [5.74, 6) is 0. The highest BCUT2D eigenvalue weighted by Crippen LogP contribution is 2.26. The second-order valence-corrected chi connectivity index (χ2v) is 6.00. The van der Waals surface area contributed by atoms with E-state index in [1.807, 2.05) is 0 Å². The van der Waals surface area contributed by atoms with E-state index in [2.05, 4.69) is 52.3 Å². The Morgan fingerprint density at radius 2 is 2.11 bits per heavy atom. The number of anilines is 1. The second kappa shape index (κ2) is 5.76. The Morgan fingerprint density at radius 1 is 1.21 bits per heavy atom. The summed E-state index contributed by atoms with van der Waals surface area (Å²) in [5.41, 5.74) is 5.68. The number of thiophene rings is 1. The Morgan fingerprint density at radius 3 is 2.95 bits per heavy atom. The van der Waals surface area contributed by atoms with Crippen molar-refractivity contribution in [1.82, 2.24) is 5.32 Å². The molecule has 0 unspecified atom stereocenters. The molecule has 19 heavy (non-hydrogen) atoms. The molecule has 3 rings (SSSR count). The van der Waals surface area contributed by atoms with Crippen molar-refractivity contribution in [2.75, 3.05) is 18.5 Å². The summed E-state index contributed by atoms with van der Waals surface area (Å²) in [4.78, 5) is 2.36. The van der Waals surface area contributed by atoms with Crippen LogP contribution in [0.1, 0.15) is 23.1 Å². The molecule has 0 saturated carbocycles. The molecule has 0 aliphatic carbocycles. The lowest BCUT2D eigenvalue weighted by molar-refractivity contribution is 0.690. The lowest BCUT2D eigenvalue weighted by Crippen LogP contribution is -2.24. The van der Waals surface area contributed by atoms with E-state index in [9.17, 15) is 0 Å². The summed E-state index contributed by atoms with van der Waals surface area (Å²) in [7, 11) is 2.19.